The number of carbonyl (C=O) groups excluding carboxylic acids is 1. The van der Waals surface area contributed by atoms with Gasteiger partial charge in [-0.2, -0.15) is 0 Å². The van der Waals surface area contributed by atoms with E-state index in [-0.39, 0.29) is 18.5 Å². The number of aryl methyl sites for hydroxylation is 1. The van der Waals surface area contributed by atoms with Crippen molar-refractivity contribution in [1.29, 1.82) is 0 Å². The Morgan fingerprint density at radius 1 is 1.21 bits per heavy atom. The van der Waals surface area contributed by atoms with Crippen LogP contribution in [-0.4, -0.2) is 41.7 Å². The maximum atomic E-state index is 12.4. The summed E-state index contributed by atoms with van der Waals surface area (Å²) in [6.45, 7) is 3.68. The van der Waals surface area contributed by atoms with Gasteiger partial charge < -0.3 is 9.30 Å². The third-order valence-electron chi connectivity index (χ3n) is 4.72. The highest BCUT2D eigenvalue weighted by Crippen LogP contribution is 2.23. The Kier molecular flexibility index (Phi) is 6.63. The second kappa shape index (κ2) is 8.57. The van der Waals surface area contributed by atoms with Gasteiger partial charge in [-0.1, -0.05) is 12.1 Å². The van der Waals surface area contributed by atoms with E-state index in [0.717, 1.165) is 17.6 Å². The van der Waals surface area contributed by atoms with Crippen LogP contribution in [0, 0.1) is 0 Å². The quantitative estimate of drug-likeness (QED) is 0.507. The zero-order valence-electron chi connectivity index (χ0n) is 16.0. The van der Waals surface area contributed by atoms with Gasteiger partial charge in [-0.05, 0) is 49.6 Å². The van der Waals surface area contributed by atoms with Crippen molar-refractivity contribution >= 4 is 15.7 Å². The molecule has 0 saturated heterocycles. The Labute approximate surface area is 163 Å². The normalized spacial score (nSPS) is 13.6. The summed E-state index contributed by atoms with van der Waals surface area (Å²) in [7, 11) is -3.82. The summed E-state index contributed by atoms with van der Waals surface area (Å²) in [6.07, 6.45) is 2.30. The SMILES string of the molecule is CCOc1ccc(-c2ccn(CC[C@](C)(C(=O)NO)S(C)(=O)=O)c(=O)c2)cc1. The van der Waals surface area contributed by atoms with Crippen LogP contribution in [0.4, 0.5) is 0 Å². The molecule has 0 unspecified atom stereocenters. The molecule has 0 bridgehead atoms. The molecule has 1 amide bonds. The lowest BCUT2D eigenvalue weighted by Crippen LogP contribution is -2.49. The van der Waals surface area contributed by atoms with E-state index in [2.05, 4.69) is 0 Å². The second-order valence-corrected chi connectivity index (χ2v) is 9.04. The van der Waals surface area contributed by atoms with Crippen LogP contribution in [0.15, 0.2) is 47.4 Å². The van der Waals surface area contributed by atoms with Crippen molar-refractivity contribution in [3.63, 3.8) is 0 Å². The predicted molar refractivity (Wildman–Crippen MR) is 105 cm³/mol. The summed E-state index contributed by atoms with van der Waals surface area (Å²) < 4.78 is 28.9. The summed E-state index contributed by atoms with van der Waals surface area (Å²) >= 11 is 0. The number of hydrogen-bond acceptors (Lipinski definition) is 6. The number of nitrogens with one attached hydrogen (secondary N) is 1. The van der Waals surface area contributed by atoms with Crippen LogP contribution in [0.1, 0.15) is 20.3 Å². The van der Waals surface area contributed by atoms with Gasteiger partial charge in [0.25, 0.3) is 11.5 Å². The number of benzene rings is 1. The first kappa shape index (κ1) is 21.6. The molecule has 2 rings (SSSR count). The fourth-order valence-corrected chi connectivity index (χ4v) is 3.55. The van der Waals surface area contributed by atoms with E-state index in [9.17, 15) is 18.0 Å². The van der Waals surface area contributed by atoms with Crippen LogP contribution in [0.2, 0.25) is 0 Å². The van der Waals surface area contributed by atoms with Crippen LogP contribution in [0.3, 0.4) is 0 Å². The summed E-state index contributed by atoms with van der Waals surface area (Å²) in [5.74, 6) is -0.295. The van der Waals surface area contributed by atoms with Crippen molar-refractivity contribution < 1.29 is 23.2 Å². The van der Waals surface area contributed by atoms with Crippen LogP contribution in [0.5, 0.6) is 5.75 Å². The van der Waals surface area contributed by atoms with E-state index in [4.69, 9.17) is 9.94 Å². The van der Waals surface area contributed by atoms with Gasteiger partial charge in [-0.25, -0.2) is 13.9 Å². The van der Waals surface area contributed by atoms with Gasteiger partial charge in [-0.15, -0.1) is 0 Å². The first-order chi connectivity index (χ1) is 13.1. The van der Waals surface area contributed by atoms with Gasteiger partial charge in [0.1, 0.15) is 5.75 Å². The van der Waals surface area contributed by atoms with Crippen LogP contribution < -0.4 is 15.8 Å². The smallest absolute Gasteiger partial charge is 0.264 e. The number of amides is 1. The molecular formula is C19H24N2O6S. The highest BCUT2D eigenvalue weighted by atomic mass is 32.2. The van der Waals surface area contributed by atoms with Crippen molar-refractivity contribution in [3.8, 4) is 16.9 Å². The summed E-state index contributed by atoms with van der Waals surface area (Å²) in [6, 6.07) is 10.5. The number of ether oxygens (including phenoxy) is 1. The van der Waals surface area contributed by atoms with Crippen LogP contribution in [0.25, 0.3) is 11.1 Å². The minimum Gasteiger partial charge on any atom is -0.494 e. The van der Waals surface area contributed by atoms with E-state index in [1.807, 2.05) is 31.2 Å². The fraction of sp³-hybridized carbons (Fsp3) is 0.368. The largest absolute Gasteiger partial charge is 0.494 e. The summed E-state index contributed by atoms with van der Waals surface area (Å²) in [5, 5.41) is 8.86. The van der Waals surface area contributed by atoms with Crippen molar-refractivity contribution in [1.82, 2.24) is 10.0 Å². The molecule has 0 aliphatic heterocycles. The third kappa shape index (κ3) is 4.60. The Hall–Kier alpha value is -2.65. The van der Waals surface area contributed by atoms with Crippen molar-refractivity contribution in [3.05, 3.63) is 52.9 Å². The standard InChI is InChI=1S/C19H24N2O6S/c1-4-27-16-7-5-14(6-8-16)15-9-11-21(17(22)13-15)12-10-19(2,18(23)20-24)28(3,25)26/h5-9,11,13,24H,4,10,12H2,1-3H3,(H,20,23)/t19-/m1/s1. The number of rotatable bonds is 8. The van der Waals surface area contributed by atoms with E-state index >= 15 is 0 Å². The van der Waals surface area contributed by atoms with Gasteiger partial charge in [0.15, 0.2) is 14.6 Å². The molecule has 152 valence electrons. The summed E-state index contributed by atoms with van der Waals surface area (Å²) in [5.41, 5.74) is 2.62. The molecule has 0 radical (unpaired) electrons. The molecule has 2 aromatic rings. The number of nitrogens with zero attached hydrogens (tertiary/aromatic N) is 1. The molecule has 0 fully saturated rings. The minimum atomic E-state index is -3.82. The Bertz CT molecular complexity index is 998. The van der Waals surface area contributed by atoms with Crippen LogP contribution >= 0.6 is 0 Å². The molecule has 9 heteroatoms. The van der Waals surface area contributed by atoms with Gasteiger partial charge in [-0.3, -0.25) is 14.8 Å². The second-order valence-electron chi connectivity index (χ2n) is 6.60. The first-order valence-electron chi connectivity index (χ1n) is 8.70. The maximum Gasteiger partial charge on any atom is 0.264 e. The molecule has 0 aliphatic carbocycles. The van der Waals surface area contributed by atoms with E-state index < -0.39 is 20.5 Å². The number of aromatic nitrogens is 1. The van der Waals surface area contributed by atoms with Crippen LogP contribution in [-0.2, 0) is 21.2 Å². The van der Waals surface area contributed by atoms with Gasteiger partial charge in [0.2, 0.25) is 0 Å². The zero-order valence-corrected chi connectivity index (χ0v) is 16.8. The molecule has 1 aromatic heterocycles. The first-order valence-corrected chi connectivity index (χ1v) is 10.6. The van der Waals surface area contributed by atoms with Gasteiger partial charge in [0.05, 0.1) is 6.61 Å². The number of pyridine rings is 1. The zero-order chi connectivity index (χ0) is 20.9. The average molecular weight is 408 g/mol. The summed E-state index contributed by atoms with van der Waals surface area (Å²) in [4.78, 5) is 24.3. The van der Waals surface area contributed by atoms with E-state index in [1.54, 1.807) is 12.3 Å². The lowest BCUT2D eigenvalue weighted by molar-refractivity contribution is -0.131. The number of sulfone groups is 1. The van der Waals surface area contributed by atoms with E-state index in [1.165, 1.54) is 23.0 Å². The van der Waals surface area contributed by atoms with Crippen molar-refractivity contribution in [2.24, 2.45) is 0 Å². The molecule has 0 aliphatic rings. The van der Waals surface area contributed by atoms with E-state index in [0.29, 0.717) is 12.2 Å². The molecule has 8 nitrogen and oxygen atoms in total. The number of hydroxylamine groups is 1. The molecule has 28 heavy (non-hydrogen) atoms. The topological polar surface area (TPSA) is 115 Å². The fourth-order valence-electron chi connectivity index (χ4n) is 2.70. The van der Waals surface area contributed by atoms with Crippen molar-refractivity contribution in [2.45, 2.75) is 31.6 Å². The monoisotopic (exact) mass is 408 g/mol. The molecule has 1 heterocycles. The molecule has 1 aromatic carbocycles. The van der Waals surface area contributed by atoms with Crippen molar-refractivity contribution in [2.75, 3.05) is 12.9 Å². The lowest BCUT2D eigenvalue weighted by Gasteiger charge is -2.25. The minimum absolute atomic E-state index is 0.000614. The van der Waals surface area contributed by atoms with Gasteiger partial charge >= 0.3 is 0 Å². The number of hydrogen-bond donors (Lipinski definition) is 2. The average Bonchev–Trinajstić information content (AvgIpc) is 2.66. The Morgan fingerprint density at radius 2 is 1.86 bits per heavy atom. The highest BCUT2D eigenvalue weighted by molar-refractivity contribution is 7.92. The molecule has 2 N–H and O–H groups in total. The highest BCUT2D eigenvalue weighted by Gasteiger charge is 2.43. The number of carbonyl (C=O) groups is 1. The maximum absolute atomic E-state index is 12.4. The molecule has 1 atom stereocenters. The molecule has 0 saturated carbocycles. The molecular weight excluding hydrogens is 384 g/mol. The Balaban J connectivity index is 2.22. The Morgan fingerprint density at radius 3 is 2.36 bits per heavy atom. The lowest BCUT2D eigenvalue weighted by atomic mass is 10.1. The predicted octanol–water partition coefficient (Wildman–Crippen LogP) is 1.61. The van der Waals surface area contributed by atoms with Gasteiger partial charge in [0, 0.05) is 25.1 Å². The molecule has 0 spiro atoms. The third-order valence-corrected chi connectivity index (χ3v) is 6.75.